The van der Waals surface area contributed by atoms with Gasteiger partial charge in [-0.15, -0.1) is 0 Å². The van der Waals surface area contributed by atoms with Crippen molar-refractivity contribution in [2.45, 2.75) is 9.79 Å². The predicted octanol–water partition coefficient (Wildman–Crippen LogP) is 3.54. The smallest absolute Gasteiger partial charge is 0.264 e. The summed E-state index contributed by atoms with van der Waals surface area (Å²) in [5, 5.41) is 8.88. The van der Waals surface area contributed by atoms with E-state index in [4.69, 9.17) is 5.26 Å². The van der Waals surface area contributed by atoms with E-state index >= 15 is 0 Å². The van der Waals surface area contributed by atoms with Crippen LogP contribution in [0.3, 0.4) is 0 Å². The number of carbonyl (C=O) groups is 1. The van der Waals surface area contributed by atoms with Crippen LogP contribution >= 0.6 is 0 Å². The third-order valence-electron chi connectivity index (χ3n) is 5.01. The molecule has 0 spiro atoms. The summed E-state index contributed by atoms with van der Waals surface area (Å²) in [5.74, 6) is -1.36. The second kappa shape index (κ2) is 9.52. The first-order chi connectivity index (χ1) is 15.6. The molecule has 0 aliphatic rings. The van der Waals surface area contributed by atoms with Crippen LogP contribution in [0.5, 0.6) is 0 Å². The fourth-order valence-electron chi connectivity index (χ4n) is 3.09. The highest BCUT2D eigenvalue weighted by molar-refractivity contribution is 7.92. The molecule has 1 atom stereocenters. The number of carbonyl (C=O) groups excluding carboxylic acids is 1. The first-order valence-corrected chi connectivity index (χ1v) is 12.6. The van der Waals surface area contributed by atoms with Crippen LogP contribution in [0.15, 0.2) is 76.5 Å². The van der Waals surface area contributed by atoms with Crippen LogP contribution in [0.2, 0.25) is 0 Å². The number of hydrogen-bond donors (Lipinski definition) is 0. The average Bonchev–Trinajstić information content (AvgIpc) is 2.82. The van der Waals surface area contributed by atoms with Crippen molar-refractivity contribution in [1.82, 2.24) is 0 Å². The molecule has 10 heteroatoms. The van der Waals surface area contributed by atoms with Crippen molar-refractivity contribution >= 4 is 38.1 Å². The minimum absolute atomic E-state index is 0.0437. The van der Waals surface area contributed by atoms with Crippen molar-refractivity contribution in [2.24, 2.45) is 0 Å². The normalized spacial score (nSPS) is 12.0. The number of anilines is 2. The number of nitrogens with zero attached hydrogens (tertiary/aromatic N) is 3. The van der Waals surface area contributed by atoms with Crippen LogP contribution in [0.25, 0.3) is 0 Å². The van der Waals surface area contributed by atoms with E-state index in [9.17, 15) is 21.8 Å². The highest BCUT2D eigenvalue weighted by Crippen LogP contribution is 2.25. The van der Waals surface area contributed by atoms with Gasteiger partial charge in [-0.3, -0.25) is 13.3 Å². The van der Waals surface area contributed by atoms with Crippen molar-refractivity contribution in [2.75, 3.05) is 29.6 Å². The zero-order valence-electron chi connectivity index (χ0n) is 18.0. The molecule has 0 N–H and O–H groups in total. The number of amides is 1. The van der Waals surface area contributed by atoms with Gasteiger partial charge in [0.25, 0.3) is 15.9 Å². The molecule has 0 saturated carbocycles. The van der Waals surface area contributed by atoms with Crippen LogP contribution in [-0.4, -0.2) is 38.9 Å². The lowest BCUT2D eigenvalue weighted by molar-refractivity contribution is 0.0992. The molecule has 0 bridgehead atoms. The van der Waals surface area contributed by atoms with Crippen molar-refractivity contribution in [3.63, 3.8) is 0 Å². The molecule has 3 aromatic rings. The highest BCUT2D eigenvalue weighted by atomic mass is 32.2. The van der Waals surface area contributed by atoms with Gasteiger partial charge in [0, 0.05) is 41.6 Å². The Bertz CT molecular complexity index is 1380. The zero-order valence-corrected chi connectivity index (χ0v) is 19.7. The van der Waals surface area contributed by atoms with Gasteiger partial charge in [-0.1, -0.05) is 6.07 Å². The minimum Gasteiger partial charge on any atom is -0.309 e. The number of nitriles is 1. The maximum atomic E-state index is 14.3. The molecule has 3 rings (SSSR count). The van der Waals surface area contributed by atoms with Gasteiger partial charge in [0.1, 0.15) is 5.82 Å². The van der Waals surface area contributed by atoms with E-state index in [1.54, 1.807) is 24.3 Å². The SMILES string of the molecule is CN(C(=O)c1cccc(S(=O)(=O)N(C)c2ccc(S(C)=O)cc2)c1)c1ccc(C#N)cc1F. The summed E-state index contributed by atoms with van der Waals surface area (Å²) >= 11 is 0. The Labute approximate surface area is 194 Å². The van der Waals surface area contributed by atoms with Crippen LogP contribution in [-0.2, 0) is 20.8 Å². The molecule has 0 aromatic heterocycles. The van der Waals surface area contributed by atoms with Crippen molar-refractivity contribution in [3.05, 3.63) is 83.7 Å². The Kier molecular flexibility index (Phi) is 6.95. The lowest BCUT2D eigenvalue weighted by atomic mass is 10.1. The highest BCUT2D eigenvalue weighted by Gasteiger charge is 2.24. The van der Waals surface area contributed by atoms with Crippen LogP contribution in [0.4, 0.5) is 15.8 Å². The van der Waals surface area contributed by atoms with Gasteiger partial charge in [0.15, 0.2) is 0 Å². The lowest BCUT2D eigenvalue weighted by Gasteiger charge is -2.21. The summed E-state index contributed by atoms with van der Waals surface area (Å²) in [5.41, 5.74) is 0.481. The molecular formula is C23H20FN3O4S2. The summed E-state index contributed by atoms with van der Waals surface area (Å²) in [7, 11) is -2.47. The van der Waals surface area contributed by atoms with E-state index in [1.165, 1.54) is 56.7 Å². The summed E-state index contributed by atoms with van der Waals surface area (Å²) in [6, 6.07) is 17.3. The van der Waals surface area contributed by atoms with Gasteiger partial charge in [-0.25, -0.2) is 12.8 Å². The quantitative estimate of drug-likeness (QED) is 0.532. The molecule has 1 amide bonds. The zero-order chi connectivity index (χ0) is 24.3. The topological polar surface area (TPSA) is 98.6 Å². The van der Waals surface area contributed by atoms with E-state index < -0.39 is 32.5 Å². The molecule has 1 unspecified atom stereocenters. The average molecular weight is 486 g/mol. The molecule has 0 aliphatic heterocycles. The van der Waals surface area contributed by atoms with Gasteiger partial charge in [-0.05, 0) is 60.7 Å². The molecule has 0 heterocycles. The van der Waals surface area contributed by atoms with E-state index in [1.807, 2.05) is 6.07 Å². The van der Waals surface area contributed by atoms with E-state index in [-0.39, 0.29) is 21.7 Å². The Hall–Kier alpha value is -3.55. The number of rotatable bonds is 6. The molecule has 0 radical (unpaired) electrons. The van der Waals surface area contributed by atoms with Crippen LogP contribution in [0.1, 0.15) is 15.9 Å². The first kappa shape index (κ1) is 24.1. The first-order valence-electron chi connectivity index (χ1n) is 9.56. The number of halogens is 1. The lowest BCUT2D eigenvalue weighted by Crippen LogP contribution is -2.29. The summed E-state index contributed by atoms with van der Waals surface area (Å²) < 4.78 is 53.2. The van der Waals surface area contributed by atoms with E-state index in [2.05, 4.69) is 0 Å². The summed E-state index contributed by atoms with van der Waals surface area (Å²) in [4.78, 5) is 14.4. The Morgan fingerprint density at radius 3 is 2.27 bits per heavy atom. The number of sulfonamides is 1. The molecule has 170 valence electrons. The summed E-state index contributed by atoms with van der Waals surface area (Å²) in [6.07, 6.45) is 1.53. The Morgan fingerprint density at radius 1 is 1.03 bits per heavy atom. The molecule has 0 fully saturated rings. The van der Waals surface area contributed by atoms with E-state index in [0.29, 0.717) is 10.6 Å². The molecule has 0 aliphatic carbocycles. The standard InChI is InChI=1S/C23H20FN3O4S2/c1-26(22-12-7-16(15-25)13-21(22)24)23(28)17-5-4-6-20(14-17)33(30,31)27(2)18-8-10-19(11-9-18)32(3)29/h4-14H,1-3H3. The molecule has 33 heavy (non-hydrogen) atoms. The van der Waals surface area contributed by atoms with Crippen molar-refractivity contribution in [3.8, 4) is 6.07 Å². The van der Waals surface area contributed by atoms with Crippen molar-refractivity contribution in [1.29, 1.82) is 5.26 Å². The summed E-state index contributed by atoms with van der Waals surface area (Å²) in [6.45, 7) is 0. The van der Waals surface area contributed by atoms with Gasteiger partial charge < -0.3 is 4.90 Å². The van der Waals surface area contributed by atoms with E-state index in [0.717, 1.165) is 15.3 Å². The van der Waals surface area contributed by atoms with Crippen molar-refractivity contribution < 1.29 is 21.8 Å². The molecule has 0 saturated heterocycles. The predicted molar refractivity (Wildman–Crippen MR) is 125 cm³/mol. The van der Waals surface area contributed by atoms with Crippen LogP contribution in [0, 0.1) is 17.1 Å². The molecule has 3 aromatic carbocycles. The number of hydrogen-bond acceptors (Lipinski definition) is 5. The fourth-order valence-corrected chi connectivity index (χ4v) is 4.85. The maximum Gasteiger partial charge on any atom is 0.264 e. The third kappa shape index (κ3) is 4.94. The third-order valence-corrected chi connectivity index (χ3v) is 7.73. The van der Waals surface area contributed by atoms with Gasteiger partial charge in [0.2, 0.25) is 0 Å². The largest absolute Gasteiger partial charge is 0.309 e. The van der Waals surface area contributed by atoms with Crippen LogP contribution < -0.4 is 9.21 Å². The monoisotopic (exact) mass is 485 g/mol. The molecule has 7 nitrogen and oxygen atoms in total. The second-order valence-corrected chi connectivity index (χ2v) is 10.4. The minimum atomic E-state index is -4.01. The second-order valence-electron chi connectivity index (χ2n) is 7.09. The Morgan fingerprint density at radius 2 is 1.70 bits per heavy atom. The Balaban J connectivity index is 1.91. The van der Waals surface area contributed by atoms with Gasteiger partial charge in [0.05, 0.1) is 27.9 Å². The maximum absolute atomic E-state index is 14.3. The fraction of sp³-hybridized carbons (Fsp3) is 0.130. The van der Waals surface area contributed by atoms with Gasteiger partial charge >= 0.3 is 0 Å². The number of benzene rings is 3. The molecular weight excluding hydrogens is 465 g/mol. The van der Waals surface area contributed by atoms with Gasteiger partial charge in [-0.2, -0.15) is 5.26 Å².